The summed E-state index contributed by atoms with van der Waals surface area (Å²) < 4.78 is 0. The van der Waals surface area contributed by atoms with Gasteiger partial charge in [0.25, 0.3) is 0 Å². The molecule has 3 rings (SSSR count). The van der Waals surface area contributed by atoms with Crippen molar-refractivity contribution in [2.24, 2.45) is 0 Å². The van der Waals surface area contributed by atoms with Gasteiger partial charge in [0.15, 0.2) is 0 Å². The molecule has 19 heavy (non-hydrogen) atoms. The summed E-state index contributed by atoms with van der Waals surface area (Å²) in [5.41, 5.74) is 1.23. The maximum atomic E-state index is 2.23. The molecule has 0 aliphatic carbocycles. The smallest absolute Gasteiger partial charge is 0.0122 e. The molecule has 0 aromatic heterocycles. The first-order valence-electron chi connectivity index (χ1n) is 6.29. The van der Waals surface area contributed by atoms with E-state index in [9.17, 15) is 0 Å². The Labute approximate surface area is 117 Å². The number of hydrogen-bond donors (Lipinski definition) is 0. The monoisotopic (exact) mass is 262 g/mol. The van der Waals surface area contributed by atoms with Crippen molar-refractivity contribution in [3.63, 3.8) is 0 Å². The molecule has 0 heterocycles. The lowest BCUT2D eigenvalue weighted by Crippen LogP contribution is -1.73. The molecule has 0 nitrogen and oxygen atoms in total. The molecule has 1 heteroatoms. The molecule has 0 unspecified atom stereocenters. The molecule has 0 saturated carbocycles. The Morgan fingerprint density at radius 3 is 2.26 bits per heavy atom. The van der Waals surface area contributed by atoms with Crippen LogP contribution in [-0.4, -0.2) is 0 Å². The van der Waals surface area contributed by atoms with Crippen molar-refractivity contribution in [1.82, 2.24) is 0 Å². The molecular weight excluding hydrogens is 248 g/mol. The molecule has 0 radical (unpaired) electrons. The zero-order valence-corrected chi connectivity index (χ0v) is 11.3. The van der Waals surface area contributed by atoms with Crippen molar-refractivity contribution in [2.45, 2.75) is 4.90 Å². The number of thioether (sulfide) groups is 1. The van der Waals surface area contributed by atoms with Crippen LogP contribution in [0.3, 0.4) is 0 Å². The summed E-state index contributed by atoms with van der Waals surface area (Å²) in [7, 11) is 0. The number of fused-ring (bicyclic) bond motifs is 1. The van der Waals surface area contributed by atoms with Crippen molar-refractivity contribution in [3.8, 4) is 0 Å². The Bertz CT molecular complexity index is 699. The highest BCUT2D eigenvalue weighted by Crippen LogP contribution is 2.24. The third-order valence-electron chi connectivity index (χ3n) is 2.99. The minimum absolute atomic E-state index is 1.23. The molecule has 0 atom stereocenters. The van der Waals surface area contributed by atoms with E-state index < -0.39 is 0 Å². The van der Waals surface area contributed by atoms with Gasteiger partial charge < -0.3 is 0 Å². The normalized spacial score (nSPS) is 11.2. The second-order valence-corrected chi connectivity index (χ2v) is 5.32. The lowest BCUT2D eigenvalue weighted by Gasteiger charge is -2.00. The van der Waals surface area contributed by atoms with Crippen LogP contribution in [0, 0.1) is 0 Å². The second-order valence-electron chi connectivity index (χ2n) is 4.34. The van der Waals surface area contributed by atoms with Crippen LogP contribution in [0.15, 0.2) is 83.1 Å². The van der Waals surface area contributed by atoms with E-state index in [-0.39, 0.29) is 0 Å². The number of benzene rings is 3. The highest BCUT2D eigenvalue weighted by Gasteiger charge is 1.94. The maximum Gasteiger partial charge on any atom is 0.0122 e. The third kappa shape index (κ3) is 3.07. The number of hydrogen-bond acceptors (Lipinski definition) is 1. The third-order valence-corrected chi connectivity index (χ3v) is 3.78. The first-order chi connectivity index (χ1) is 9.42. The van der Waals surface area contributed by atoms with Crippen LogP contribution in [-0.2, 0) is 0 Å². The fourth-order valence-corrected chi connectivity index (χ4v) is 2.72. The summed E-state index contributed by atoms with van der Waals surface area (Å²) in [5, 5.41) is 4.72. The summed E-state index contributed by atoms with van der Waals surface area (Å²) in [6, 6.07) is 25.4. The van der Waals surface area contributed by atoms with Crippen molar-refractivity contribution in [3.05, 3.63) is 83.8 Å². The van der Waals surface area contributed by atoms with Gasteiger partial charge in [-0.1, -0.05) is 72.4 Å². The van der Waals surface area contributed by atoms with Gasteiger partial charge in [-0.15, -0.1) is 0 Å². The van der Waals surface area contributed by atoms with Gasteiger partial charge in [-0.25, -0.2) is 0 Å². The topological polar surface area (TPSA) is 0 Å². The fourth-order valence-electron chi connectivity index (χ4n) is 2.00. The predicted molar refractivity (Wildman–Crippen MR) is 85.3 cm³/mol. The van der Waals surface area contributed by atoms with Crippen LogP contribution < -0.4 is 0 Å². The van der Waals surface area contributed by atoms with Gasteiger partial charge in [-0.2, -0.15) is 0 Å². The average molecular weight is 262 g/mol. The predicted octanol–water partition coefficient (Wildman–Crippen LogP) is 5.60. The van der Waals surface area contributed by atoms with Crippen LogP contribution in [0.2, 0.25) is 0 Å². The SMILES string of the molecule is C(=C/c1ccccc1)/Sc1ccc2ccccc2c1. The van der Waals surface area contributed by atoms with Crippen LogP contribution in [0.25, 0.3) is 16.8 Å². The fraction of sp³-hybridized carbons (Fsp3) is 0. The quantitative estimate of drug-likeness (QED) is 0.553. The molecule has 92 valence electrons. The molecule has 0 amide bonds. The molecule has 0 saturated heterocycles. The maximum absolute atomic E-state index is 2.23. The van der Waals surface area contributed by atoms with E-state index in [2.05, 4.69) is 78.2 Å². The van der Waals surface area contributed by atoms with Crippen molar-refractivity contribution in [2.75, 3.05) is 0 Å². The van der Waals surface area contributed by atoms with Crippen LogP contribution in [0.5, 0.6) is 0 Å². The standard InChI is InChI=1S/C18H14S/c1-2-6-15(7-3-1)12-13-19-18-11-10-16-8-4-5-9-17(16)14-18/h1-14H/b13-12-. The lowest BCUT2D eigenvalue weighted by molar-refractivity contribution is 1.52. The summed E-state index contributed by atoms with van der Waals surface area (Å²) >= 11 is 1.75. The molecule has 0 bridgehead atoms. The largest absolute Gasteiger partial charge is 0.0980 e. The van der Waals surface area contributed by atoms with Crippen LogP contribution in [0.1, 0.15) is 5.56 Å². The molecule has 0 aliphatic rings. The summed E-state index contributed by atoms with van der Waals surface area (Å²) in [5.74, 6) is 0. The van der Waals surface area contributed by atoms with Gasteiger partial charge >= 0.3 is 0 Å². The highest BCUT2D eigenvalue weighted by atomic mass is 32.2. The van der Waals surface area contributed by atoms with Gasteiger partial charge in [-0.05, 0) is 40.0 Å². The van der Waals surface area contributed by atoms with E-state index in [1.54, 1.807) is 11.8 Å². The van der Waals surface area contributed by atoms with Gasteiger partial charge in [-0.3, -0.25) is 0 Å². The van der Waals surface area contributed by atoms with Crippen molar-refractivity contribution < 1.29 is 0 Å². The first-order valence-corrected chi connectivity index (χ1v) is 7.17. The average Bonchev–Trinajstić information content (AvgIpc) is 2.48. The molecular formula is C18H14S. The van der Waals surface area contributed by atoms with Gasteiger partial charge in [0, 0.05) is 4.90 Å². The molecule has 0 aliphatic heterocycles. The van der Waals surface area contributed by atoms with E-state index in [1.807, 2.05) is 6.07 Å². The van der Waals surface area contributed by atoms with E-state index in [1.165, 1.54) is 21.2 Å². The van der Waals surface area contributed by atoms with Crippen molar-refractivity contribution in [1.29, 1.82) is 0 Å². The molecule has 0 fully saturated rings. The number of rotatable bonds is 3. The van der Waals surface area contributed by atoms with Gasteiger partial charge in [0.05, 0.1) is 0 Å². The Hall–Kier alpha value is -1.99. The molecule has 0 spiro atoms. The summed E-state index contributed by atoms with van der Waals surface area (Å²) in [6.07, 6.45) is 2.14. The Morgan fingerprint density at radius 1 is 0.684 bits per heavy atom. The van der Waals surface area contributed by atoms with E-state index in [0.29, 0.717) is 0 Å². The van der Waals surface area contributed by atoms with Crippen LogP contribution >= 0.6 is 11.8 Å². The minimum atomic E-state index is 1.23. The minimum Gasteiger partial charge on any atom is -0.0980 e. The lowest BCUT2D eigenvalue weighted by atomic mass is 10.1. The van der Waals surface area contributed by atoms with Gasteiger partial charge in [0.2, 0.25) is 0 Å². The van der Waals surface area contributed by atoms with Crippen LogP contribution in [0.4, 0.5) is 0 Å². The van der Waals surface area contributed by atoms with Gasteiger partial charge in [0.1, 0.15) is 0 Å². The Morgan fingerprint density at radius 2 is 1.42 bits per heavy atom. The highest BCUT2D eigenvalue weighted by molar-refractivity contribution is 8.02. The zero-order valence-electron chi connectivity index (χ0n) is 10.5. The summed E-state index contributed by atoms with van der Waals surface area (Å²) in [4.78, 5) is 1.27. The van der Waals surface area contributed by atoms with E-state index in [4.69, 9.17) is 0 Å². The molecule has 3 aromatic rings. The van der Waals surface area contributed by atoms with E-state index in [0.717, 1.165) is 0 Å². The Kier molecular flexibility index (Phi) is 3.66. The molecule has 0 N–H and O–H groups in total. The van der Waals surface area contributed by atoms with Crippen molar-refractivity contribution >= 4 is 28.6 Å². The second kappa shape index (κ2) is 5.77. The molecule has 3 aromatic carbocycles. The van der Waals surface area contributed by atoms with E-state index >= 15 is 0 Å². The summed E-state index contributed by atoms with van der Waals surface area (Å²) in [6.45, 7) is 0. The Balaban J connectivity index is 1.77. The first kappa shape index (κ1) is 12.1. The zero-order chi connectivity index (χ0) is 12.9.